The van der Waals surface area contributed by atoms with Gasteiger partial charge >= 0.3 is 0 Å². The van der Waals surface area contributed by atoms with Gasteiger partial charge in [-0.15, -0.1) is 0 Å². The monoisotopic (exact) mass is 346 g/mol. The summed E-state index contributed by atoms with van der Waals surface area (Å²) in [5.41, 5.74) is 4.15. The van der Waals surface area contributed by atoms with Crippen LogP contribution in [0.25, 0.3) is 10.2 Å². The SMILES string of the molecule is CCc1ccc(S(=O)(=O)Nc2nc3c(C)cc(C)cc3s2)cc1. The number of aryl methyl sites for hydroxylation is 3. The molecule has 1 aromatic heterocycles. The Hall–Kier alpha value is -1.92. The summed E-state index contributed by atoms with van der Waals surface area (Å²) >= 11 is 1.35. The fourth-order valence-electron chi connectivity index (χ4n) is 2.49. The molecule has 0 aliphatic rings. The van der Waals surface area contributed by atoms with E-state index in [4.69, 9.17) is 0 Å². The standard InChI is InChI=1S/C17H18N2O2S2/c1-4-13-5-7-14(8-6-13)23(20,21)19-17-18-16-12(3)9-11(2)10-15(16)22-17/h5-10H,4H2,1-3H3,(H,18,19). The van der Waals surface area contributed by atoms with Crippen LogP contribution in [0.3, 0.4) is 0 Å². The predicted molar refractivity (Wildman–Crippen MR) is 95.7 cm³/mol. The molecular formula is C17H18N2O2S2. The summed E-state index contributed by atoms with van der Waals surface area (Å²) in [5.74, 6) is 0. The highest BCUT2D eigenvalue weighted by molar-refractivity contribution is 7.93. The minimum absolute atomic E-state index is 0.252. The summed E-state index contributed by atoms with van der Waals surface area (Å²) in [6.45, 7) is 6.04. The average molecular weight is 346 g/mol. The number of nitrogens with one attached hydrogen (secondary N) is 1. The first-order valence-electron chi connectivity index (χ1n) is 7.38. The summed E-state index contributed by atoms with van der Waals surface area (Å²) in [7, 11) is -3.61. The summed E-state index contributed by atoms with van der Waals surface area (Å²) in [6.07, 6.45) is 0.879. The molecule has 0 amide bonds. The van der Waals surface area contributed by atoms with E-state index in [1.807, 2.05) is 45.0 Å². The molecule has 0 saturated carbocycles. The Morgan fingerprint density at radius 1 is 1.13 bits per heavy atom. The van der Waals surface area contributed by atoms with E-state index in [2.05, 4.69) is 9.71 Å². The van der Waals surface area contributed by atoms with Gasteiger partial charge in [0.15, 0.2) is 5.13 Å². The van der Waals surface area contributed by atoms with Gasteiger partial charge in [-0.1, -0.05) is 36.5 Å². The molecule has 0 aliphatic heterocycles. The van der Waals surface area contributed by atoms with Crippen molar-refractivity contribution in [3.05, 3.63) is 53.1 Å². The van der Waals surface area contributed by atoms with Gasteiger partial charge in [-0.3, -0.25) is 4.72 Å². The lowest BCUT2D eigenvalue weighted by molar-refractivity contribution is 0.601. The van der Waals surface area contributed by atoms with Crippen LogP contribution in [0.1, 0.15) is 23.6 Å². The van der Waals surface area contributed by atoms with E-state index in [1.165, 1.54) is 11.3 Å². The molecule has 120 valence electrons. The Kier molecular flexibility index (Phi) is 4.12. The molecule has 3 aromatic rings. The summed E-state index contributed by atoms with van der Waals surface area (Å²) in [6, 6.07) is 11.0. The topological polar surface area (TPSA) is 59.1 Å². The van der Waals surface area contributed by atoms with Crippen LogP contribution in [-0.4, -0.2) is 13.4 Å². The van der Waals surface area contributed by atoms with Gasteiger partial charge in [0.1, 0.15) is 0 Å². The maximum atomic E-state index is 12.5. The zero-order valence-electron chi connectivity index (χ0n) is 13.3. The Labute approximate surface area is 140 Å². The molecule has 6 heteroatoms. The zero-order valence-corrected chi connectivity index (χ0v) is 14.9. The lowest BCUT2D eigenvalue weighted by Gasteiger charge is -2.05. The number of sulfonamides is 1. The van der Waals surface area contributed by atoms with E-state index in [9.17, 15) is 8.42 Å². The van der Waals surface area contributed by atoms with Crippen molar-refractivity contribution >= 4 is 36.7 Å². The van der Waals surface area contributed by atoms with Gasteiger partial charge in [0, 0.05) is 0 Å². The van der Waals surface area contributed by atoms with E-state index in [-0.39, 0.29) is 4.90 Å². The molecular weight excluding hydrogens is 328 g/mol. The molecule has 0 bridgehead atoms. The average Bonchev–Trinajstić information content (AvgIpc) is 2.89. The first-order valence-corrected chi connectivity index (χ1v) is 9.68. The molecule has 1 N–H and O–H groups in total. The van der Waals surface area contributed by atoms with Gasteiger partial charge in [0.25, 0.3) is 10.0 Å². The number of rotatable bonds is 4. The number of nitrogens with zero attached hydrogens (tertiary/aromatic N) is 1. The maximum Gasteiger partial charge on any atom is 0.263 e. The third kappa shape index (κ3) is 3.23. The summed E-state index contributed by atoms with van der Waals surface area (Å²) in [4.78, 5) is 4.68. The second-order valence-electron chi connectivity index (χ2n) is 5.55. The normalized spacial score (nSPS) is 11.8. The van der Waals surface area contributed by atoms with Crippen molar-refractivity contribution in [2.75, 3.05) is 4.72 Å². The third-order valence-corrected chi connectivity index (χ3v) is 6.10. The Bertz CT molecular complexity index is 958. The molecule has 0 unspecified atom stereocenters. The minimum Gasteiger partial charge on any atom is -0.255 e. The van der Waals surface area contributed by atoms with Crippen LogP contribution in [0, 0.1) is 13.8 Å². The summed E-state index contributed by atoms with van der Waals surface area (Å²) < 4.78 is 28.5. The highest BCUT2D eigenvalue weighted by Crippen LogP contribution is 2.30. The highest BCUT2D eigenvalue weighted by Gasteiger charge is 2.17. The van der Waals surface area contributed by atoms with Crippen molar-refractivity contribution in [1.29, 1.82) is 0 Å². The molecule has 0 saturated heterocycles. The Balaban J connectivity index is 1.95. The van der Waals surface area contributed by atoms with Crippen molar-refractivity contribution in [3.8, 4) is 0 Å². The lowest BCUT2D eigenvalue weighted by Crippen LogP contribution is -2.12. The number of benzene rings is 2. The van der Waals surface area contributed by atoms with Crippen LogP contribution in [0.2, 0.25) is 0 Å². The molecule has 0 radical (unpaired) electrons. The van der Waals surface area contributed by atoms with Crippen LogP contribution in [0.15, 0.2) is 41.3 Å². The number of anilines is 1. The van der Waals surface area contributed by atoms with Crippen molar-refractivity contribution in [2.45, 2.75) is 32.1 Å². The molecule has 4 nitrogen and oxygen atoms in total. The number of thiazole rings is 1. The van der Waals surface area contributed by atoms with E-state index < -0.39 is 10.0 Å². The molecule has 0 fully saturated rings. The van der Waals surface area contributed by atoms with Gasteiger partial charge in [0.2, 0.25) is 0 Å². The van der Waals surface area contributed by atoms with E-state index >= 15 is 0 Å². The first kappa shape index (κ1) is 16.0. The molecule has 0 spiro atoms. The van der Waals surface area contributed by atoms with E-state index in [1.54, 1.807) is 12.1 Å². The summed E-state index contributed by atoms with van der Waals surface area (Å²) in [5, 5.41) is 0.397. The molecule has 0 aliphatic carbocycles. The van der Waals surface area contributed by atoms with E-state index in [0.29, 0.717) is 5.13 Å². The predicted octanol–water partition coefficient (Wildman–Crippen LogP) is 4.28. The van der Waals surface area contributed by atoms with E-state index in [0.717, 1.165) is 33.3 Å². The fraction of sp³-hybridized carbons (Fsp3) is 0.235. The molecule has 3 rings (SSSR count). The number of hydrogen-bond donors (Lipinski definition) is 1. The van der Waals surface area contributed by atoms with Crippen molar-refractivity contribution in [2.24, 2.45) is 0 Å². The molecule has 1 heterocycles. The fourth-order valence-corrected chi connectivity index (χ4v) is 4.77. The van der Waals surface area contributed by atoms with Crippen molar-refractivity contribution in [1.82, 2.24) is 4.98 Å². The quantitative estimate of drug-likeness (QED) is 0.767. The van der Waals surface area contributed by atoms with Crippen LogP contribution in [0.4, 0.5) is 5.13 Å². The van der Waals surface area contributed by atoms with Gasteiger partial charge in [0.05, 0.1) is 15.1 Å². The van der Waals surface area contributed by atoms with Crippen LogP contribution >= 0.6 is 11.3 Å². The van der Waals surface area contributed by atoms with Gasteiger partial charge in [-0.05, 0) is 55.2 Å². The first-order chi connectivity index (χ1) is 10.9. The highest BCUT2D eigenvalue weighted by atomic mass is 32.2. The van der Waals surface area contributed by atoms with Gasteiger partial charge < -0.3 is 0 Å². The number of hydrogen-bond acceptors (Lipinski definition) is 4. The van der Waals surface area contributed by atoms with Crippen molar-refractivity contribution in [3.63, 3.8) is 0 Å². The lowest BCUT2D eigenvalue weighted by atomic mass is 10.1. The van der Waals surface area contributed by atoms with Gasteiger partial charge in [-0.25, -0.2) is 13.4 Å². The zero-order chi connectivity index (χ0) is 16.6. The van der Waals surface area contributed by atoms with Crippen molar-refractivity contribution < 1.29 is 8.42 Å². The largest absolute Gasteiger partial charge is 0.263 e. The number of fused-ring (bicyclic) bond motifs is 1. The maximum absolute atomic E-state index is 12.5. The van der Waals surface area contributed by atoms with Crippen LogP contribution < -0.4 is 4.72 Å². The molecule has 0 atom stereocenters. The van der Waals surface area contributed by atoms with Crippen LogP contribution in [0.5, 0.6) is 0 Å². The smallest absolute Gasteiger partial charge is 0.255 e. The van der Waals surface area contributed by atoms with Crippen LogP contribution in [-0.2, 0) is 16.4 Å². The second-order valence-corrected chi connectivity index (χ2v) is 8.26. The second kappa shape index (κ2) is 5.94. The molecule has 23 heavy (non-hydrogen) atoms. The minimum atomic E-state index is -3.61. The Morgan fingerprint density at radius 3 is 2.48 bits per heavy atom. The Morgan fingerprint density at radius 2 is 1.83 bits per heavy atom. The van der Waals surface area contributed by atoms with Gasteiger partial charge in [-0.2, -0.15) is 0 Å². The number of aromatic nitrogens is 1. The molecule has 2 aromatic carbocycles. The third-order valence-electron chi connectivity index (χ3n) is 3.69.